The number of rotatable bonds is 5. The van der Waals surface area contributed by atoms with E-state index in [1.807, 2.05) is 0 Å². The molecule has 0 aliphatic heterocycles. The lowest BCUT2D eigenvalue weighted by molar-refractivity contribution is -0.384. The van der Waals surface area contributed by atoms with Crippen molar-refractivity contribution in [2.75, 3.05) is 13.6 Å². The van der Waals surface area contributed by atoms with Crippen LogP contribution in [0.5, 0.6) is 0 Å². The Morgan fingerprint density at radius 3 is 2.57 bits per heavy atom. The maximum Gasteiger partial charge on any atom is 0.270 e. The van der Waals surface area contributed by atoms with Gasteiger partial charge in [-0.3, -0.25) is 19.7 Å². The largest absolute Gasteiger partial charge is 0.352 e. The van der Waals surface area contributed by atoms with E-state index in [9.17, 15) is 24.1 Å². The predicted molar refractivity (Wildman–Crippen MR) is 73.3 cm³/mol. The van der Waals surface area contributed by atoms with Crippen molar-refractivity contribution in [2.24, 2.45) is 0 Å². The van der Waals surface area contributed by atoms with E-state index >= 15 is 0 Å². The van der Waals surface area contributed by atoms with Crippen LogP contribution in [0.1, 0.15) is 24.2 Å². The summed E-state index contributed by atoms with van der Waals surface area (Å²) >= 11 is 0. The molecule has 8 heteroatoms. The van der Waals surface area contributed by atoms with E-state index < -0.39 is 28.1 Å². The molecule has 0 radical (unpaired) electrons. The molecule has 7 nitrogen and oxygen atoms in total. The van der Waals surface area contributed by atoms with E-state index in [1.54, 1.807) is 13.8 Å². The molecule has 1 aromatic carbocycles. The van der Waals surface area contributed by atoms with E-state index in [0.29, 0.717) is 0 Å². The molecule has 2 amide bonds. The van der Waals surface area contributed by atoms with Crippen molar-refractivity contribution in [3.8, 4) is 0 Å². The zero-order valence-corrected chi connectivity index (χ0v) is 11.9. The average Bonchev–Trinajstić information content (AvgIpc) is 2.36. The van der Waals surface area contributed by atoms with Gasteiger partial charge in [0.2, 0.25) is 5.91 Å². The zero-order chi connectivity index (χ0) is 16.2. The molecule has 0 saturated heterocycles. The molecule has 0 aromatic heterocycles. The first kappa shape index (κ1) is 16.5. The number of nitro benzene ring substituents is 1. The second kappa shape index (κ2) is 6.78. The number of nitrogens with one attached hydrogen (secondary N) is 1. The number of hydrogen-bond acceptors (Lipinski definition) is 4. The summed E-state index contributed by atoms with van der Waals surface area (Å²) in [5.74, 6) is -2.07. The van der Waals surface area contributed by atoms with Gasteiger partial charge in [-0.15, -0.1) is 0 Å². The van der Waals surface area contributed by atoms with Crippen molar-refractivity contribution in [1.82, 2.24) is 10.2 Å². The highest BCUT2D eigenvalue weighted by molar-refractivity contribution is 5.97. The van der Waals surface area contributed by atoms with Gasteiger partial charge in [-0.2, -0.15) is 0 Å². The third-order valence-electron chi connectivity index (χ3n) is 2.57. The van der Waals surface area contributed by atoms with Gasteiger partial charge in [-0.25, -0.2) is 4.39 Å². The number of carbonyl (C=O) groups excluding carboxylic acids is 2. The molecule has 0 saturated carbocycles. The Labute approximate surface area is 120 Å². The SMILES string of the molecule is CC(C)NC(=O)CN(C)C(=O)c1cc([N+](=O)[O-])ccc1F. The molecule has 0 heterocycles. The number of non-ortho nitro benzene ring substituents is 1. The summed E-state index contributed by atoms with van der Waals surface area (Å²) in [7, 11) is 1.32. The van der Waals surface area contributed by atoms with Crippen LogP contribution < -0.4 is 5.32 Å². The molecule has 1 N–H and O–H groups in total. The summed E-state index contributed by atoms with van der Waals surface area (Å²) in [5.41, 5.74) is -0.830. The molecule has 0 bridgehead atoms. The van der Waals surface area contributed by atoms with E-state index in [0.717, 1.165) is 23.1 Å². The normalized spacial score (nSPS) is 10.3. The molecule has 1 aromatic rings. The molecular weight excluding hydrogens is 281 g/mol. The highest BCUT2D eigenvalue weighted by Crippen LogP contribution is 2.18. The van der Waals surface area contributed by atoms with Crippen LogP contribution in [-0.4, -0.2) is 41.3 Å². The maximum atomic E-state index is 13.6. The van der Waals surface area contributed by atoms with Gasteiger partial charge in [0.05, 0.1) is 17.0 Å². The Morgan fingerprint density at radius 1 is 1.43 bits per heavy atom. The Kier molecular flexibility index (Phi) is 5.34. The highest BCUT2D eigenvalue weighted by Gasteiger charge is 2.21. The number of nitro groups is 1. The third kappa shape index (κ3) is 4.51. The summed E-state index contributed by atoms with van der Waals surface area (Å²) < 4.78 is 13.6. The van der Waals surface area contributed by atoms with Crippen molar-refractivity contribution >= 4 is 17.5 Å². The fourth-order valence-corrected chi connectivity index (χ4v) is 1.65. The quantitative estimate of drug-likeness (QED) is 0.655. The van der Waals surface area contributed by atoms with Crippen molar-refractivity contribution in [2.45, 2.75) is 19.9 Å². The molecule has 0 unspecified atom stereocenters. The summed E-state index contributed by atoms with van der Waals surface area (Å²) in [6, 6.07) is 2.59. The molecular formula is C13H16FN3O4. The number of halogens is 1. The second-order valence-corrected chi connectivity index (χ2v) is 4.80. The molecule has 0 atom stereocenters. The first-order valence-corrected chi connectivity index (χ1v) is 6.21. The van der Waals surface area contributed by atoms with Crippen LogP contribution in [0.3, 0.4) is 0 Å². The van der Waals surface area contributed by atoms with Gasteiger partial charge >= 0.3 is 0 Å². The number of benzene rings is 1. The van der Waals surface area contributed by atoms with E-state index in [-0.39, 0.29) is 18.3 Å². The topological polar surface area (TPSA) is 92.6 Å². The fraction of sp³-hybridized carbons (Fsp3) is 0.385. The third-order valence-corrected chi connectivity index (χ3v) is 2.57. The van der Waals surface area contributed by atoms with Gasteiger partial charge in [0.15, 0.2) is 0 Å². The molecule has 1 rings (SSSR count). The maximum absolute atomic E-state index is 13.6. The van der Waals surface area contributed by atoms with Gasteiger partial charge in [0.25, 0.3) is 11.6 Å². The highest BCUT2D eigenvalue weighted by atomic mass is 19.1. The smallest absolute Gasteiger partial charge is 0.270 e. The van der Waals surface area contributed by atoms with Crippen LogP contribution in [0.25, 0.3) is 0 Å². The predicted octanol–water partition coefficient (Wildman–Crippen LogP) is 1.33. The fourth-order valence-electron chi connectivity index (χ4n) is 1.65. The minimum Gasteiger partial charge on any atom is -0.352 e. The minimum absolute atomic E-state index is 0.0875. The van der Waals surface area contributed by atoms with E-state index in [2.05, 4.69) is 5.32 Å². The van der Waals surface area contributed by atoms with Crippen LogP contribution in [0.2, 0.25) is 0 Å². The molecule has 21 heavy (non-hydrogen) atoms. The van der Waals surface area contributed by atoms with Crippen LogP contribution in [0, 0.1) is 15.9 Å². The number of carbonyl (C=O) groups is 2. The molecule has 0 aliphatic carbocycles. The monoisotopic (exact) mass is 297 g/mol. The Morgan fingerprint density at radius 2 is 2.05 bits per heavy atom. The van der Waals surface area contributed by atoms with E-state index in [1.165, 1.54) is 7.05 Å². The number of hydrogen-bond donors (Lipinski definition) is 1. The Balaban J connectivity index is 2.90. The van der Waals surface area contributed by atoms with Gasteiger partial charge in [-0.1, -0.05) is 0 Å². The summed E-state index contributed by atoms with van der Waals surface area (Å²) in [6.07, 6.45) is 0. The molecule has 0 spiro atoms. The summed E-state index contributed by atoms with van der Waals surface area (Å²) in [5, 5.41) is 13.2. The zero-order valence-electron chi connectivity index (χ0n) is 11.9. The van der Waals surface area contributed by atoms with Crippen LogP contribution in [-0.2, 0) is 4.79 Å². The summed E-state index contributed by atoms with van der Waals surface area (Å²) in [6.45, 7) is 3.26. The lowest BCUT2D eigenvalue weighted by Gasteiger charge is -2.18. The van der Waals surface area contributed by atoms with Gasteiger partial charge in [-0.05, 0) is 19.9 Å². The van der Waals surface area contributed by atoms with Crippen molar-refractivity contribution < 1.29 is 18.9 Å². The molecule has 0 fully saturated rings. The lowest BCUT2D eigenvalue weighted by atomic mass is 10.1. The molecule has 114 valence electrons. The van der Waals surface area contributed by atoms with Crippen LogP contribution >= 0.6 is 0 Å². The number of amides is 2. The van der Waals surface area contributed by atoms with Gasteiger partial charge in [0, 0.05) is 25.2 Å². The minimum atomic E-state index is -0.873. The van der Waals surface area contributed by atoms with Crippen molar-refractivity contribution in [3.05, 3.63) is 39.7 Å². The van der Waals surface area contributed by atoms with Crippen molar-refractivity contribution in [3.63, 3.8) is 0 Å². The first-order chi connectivity index (χ1) is 9.72. The summed E-state index contributed by atoms with van der Waals surface area (Å²) in [4.78, 5) is 34.5. The number of likely N-dealkylation sites (N-methyl/N-ethyl adjacent to an activating group) is 1. The van der Waals surface area contributed by atoms with E-state index in [4.69, 9.17) is 0 Å². The second-order valence-electron chi connectivity index (χ2n) is 4.80. The van der Waals surface area contributed by atoms with Crippen LogP contribution in [0.4, 0.5) is 10.1 Å². The number of nitrogens with zero attached hydrogens (tertiary/aromatic N) is 2. The average molecular weight is 297 g/mol. The van der Waals surface area contributed by atoms with Gasteiger partial charge in [0.1, 0.15) is 5.82 Å². The van der Waals surface area contributed by atoms with Gasteiger partial charge < -0.3 is 10.2 Å². The Bertz CT molecular complexity index is 575. The molecule has 0 aliphatic rings. The Hall–Kier alpha value is -2.51. The standard InChI is InChI=1S/C13H16FN3O4/c1-8(2)15-12(18)7-16(3)13(19)10-6-9(17(20)21)4-5-11(10)14/h4-6,8H,7H2,1-3H3,(H,15,18). The first-order valence-electron chi connectivity index (χ1n) is 6.21. The van der Waals surface area contributed by atoms with Crippen molar-refractivity contribution in [1.29, 1.82) is 0 Å². The van der Waals surface area contributed by atoms with Crippen LogP contribution in [0.15, 0.2) is 18.2 Å². The lowest BCUT2D eigenvalue weighted by Crippen LogP contribution is -2.41.